The first-order chi connectivity index (χ1) is 8.08. The van der Waals surface area contributed by atoms with E-state index in [0.29, 0.717) is 0 Å². The molecule has 0 radical (unpaired) electrons. The summed E-state index contributed by atoms with van der Waals surface area (Å²) in [5.74, 6) is -0.928. The standard InChI is InChI=1S/C13H15NO3/c1-8-11(6-7-12(8)15)14-10-4-2-9(3-5-10)13(16)17/h2-5,12,14-15H,6-7H2,1H3,(H,16,17). The molecule has 0 saturated heterocycles. The Bertz CT molecular complexity index is 462. The zero-order chi connectivity index (χ0) is 12.4. The first-order valence-corrected chi connectivity index (χ1v) is 5.56. The Morgan fingerprint density at radius 3 is 2.47 bits per heavy atom. The molecule has 1 atom stereocenters. The van der Waals surface area contributed by atoms with Gasteiger partial charge < -0.3 is 15.5 Å². The smallest absolute Gasteiger partial charge is 0.335 e. The highest BCUT2D eigenvalue weighted by molar-refractivity contribution is 5.88. The number of aliphatic hydroxyl groups is 1. The van der Waals surface area contributed by atoms with Crippen molar-refractivity contribution < 1.29 is 15.0 Å². The lowest BCUT2D eigenvalue weighted by atomic mass is 10.2. The molecule has 0 heterocycles. The van der Waals surface area contributed by atoms with Crippen molar-refractivity contribution in [2.24, 2.45) is 0 Å². The number of carboxylic acid groups (broad SMARTS) is 1. The van der Waals surface area contributed by atoms with Crippen LogP contribution in [0.25, 0.3) is 0 Å². The van der Waals surface area contributed by atoms with Gasteiger partial charge in [-0.2, -0.15) is 0 Å². The fraction of sp³-hybridized carbons (Fsp3) is 0.308. The minimum absolute atomic E-state index is 0.271. The van der Waals surface area contributed by atoms with Crippen LogP contribution in [-0.2, 0) is 0 Å². The van der Waals surface area contributed by atoms with E-state index >= 15 is 0 Å². The SMILES string of the molecule is CC1=C(Nc2ccc(C(=O)O)cc2)CCC1O. The lowest BCUT2D eigenvalue weighted by Gasteiger charge is -2.09. The topological polar surface area (TPSA) is 69.6 Å². The molecule has 4 heteroatoms. The summed E-state index contributed by atoms with van der Waals surface area (Å²) in [6.07, 6.45) is 1.23. The number of aliphatic hydroxyl groups excluding tert-OH is 1. The van der Waals surface area contributed by atoms with E-state index in [1.54, 1.807) is 24.3 Å². The van der Waals surface area contributed by atoms with Gasteiger partial charge in [0.15, 0.2) is 0 Å². The first kappa shape index (κ1) is 11.7. The van der Waals surface area contributed by atoms with E-state index in [2.05, 4.69) is 5.32 Å². The molecule has 0 saturated carbocycles. The van der Waals surface area contributed by atoms with Crippen molar-refractivity contribution in [2.45, 2.75) is 25.9 Å². The molecule has 3 N–H and O–H groups in total. The minimum Gasteiger partial charge on any atom is -0.478 e. The molecule has 90 valence electrons. The molecule has 1 aromatic carbocycles. The van der Waals surface area contributed by atoms with Crippen LogP contribution in [-0.4, -0.2) is 22.3 Å². The Kier molecular flexibility index (Phi) is 3.15. The quantitative estimate of drug-likeness (QED) is 0.748. The second-order valence-electron chi connectivity index (χ2n) is 4.22. The number of carboxylic acids is 1. The third kappa shape index (κ3) is 2.47. The Labute approximate surface area is 99.6 Å². The van der Waals surface area contributed by atoms with Gasteiger partial charge in [-0.15, -0.1) is 0 Å². The molecule has 0 spiro atoms. The van der Waals surface area contributed by atoms with Gasteiger partial charge in [-0.1, -0.05) is 0 Å². The fourth-order valence-electron chi connectivity index (χ4n) is 1.93. The van der Waals surface area contributed by atoms with Crippen molar-refractivity contribution in [3.8, 4) is 0 Å². The maximum atomic E-state index is 10.7. The fourth-order valence-corrected chi connectivity index (χ4v) is 1.93. The number of anilines is 1. The Morgan fingerprint density at radius 2 is 2.00 bits per heavy atom. The summed E-state index contributed by atoms with van der Waals surface area (Å²) in [6.45, 7) is 1.91. The lowest BCUT2D eigenvalue weighted by Crippen LogP contribution is -2.03. The largest absolute Gasteiger partial charge is 0.478 e. The molecule has 0 aromatic heterocycles. The molecule has 2 rings (SSSR count). The van der Waals surface area contributed by atoms with Crippen LogP contribution >= 0.6 is 0 Å². The van der Waals surface area contributed by atoms with Crippen molar-refractivity contribution in [1.82, 2.24) is 0 Å². The molecule has 0 aliphatic heterocycles. The van der Waals surface area contributed by atoms with E-state index < -0.39 is 5.97 Å². The van der Waals surface area contributed by atoms with E-state index in [0.717, 1.165) is 29.8 Å². The molecule has 17 heavy (non-hydrogen) atoms. The zero-order valence-electron chi connectivity index (χ0n) is 9.60. The van der Waals surface area contributed by atoms with Crippen LogP contribution in [0.15, 0.2) is 35.5 Å². The van der Waals surface area contributed by atoms with E-state index in [9.17, 15) is 9.90 Å². The predicted octanol–water partition coefficient (Wildman–Crippen LogP) is 2.23. The zero-order valence-corrected chi connectivity index (χ0v) is 9.60. The van der Waals surface area contributed by atoms with Crippen LogP contribution in [0.5, 0.6) is 0 Å². The van der Waals surface area contributed by atoms with Crippen LogP contribution in [0.2, 0.25) is 0 Å². The van der Waals surface area contributed by atoms with Gasteiger partial charge in [0, 0.05) is 11.4 Å². The number of carbonyl (C=O) groups is 1. The Balaban J connectivity index is 2.12. The average molecular weight is 233 g/mol. The van der Waals surface area contributed by atoms with Crippen LogP contribution in [0, 0.1) is 0 Å². The number of allylic oxidation sites excluding steroid dienone is 1. The second-order valence-corrected chi connectivity index (χ2v) is 4.22. The normalized spacial score (nSPS) is 19.5. The van der Waals surface area contributed by atoms with E-state index in [1.807, 2.05) is 6.92 Å². The predicted molar refractivity (Wildman–Crippen MR) is 65.0 cm³/mol. The van der Waals surface area contributed by atoms with Gasteiger partial charge in [-0.25, -0.2) is 4.79 Å². The van der Waals surface area contributed by atoms with E-state index in [4.69, 9.17) is 5.11 Å². The summed E-state index contributed by atoms with van der Waals surface area (Å²) in [5, 5.41) is 21.6. The van der Waals surface area contributed by atoms with Crippen molar-refractivity contribution in [2.75, 3.05) is 5.32 Å². The average Bonchev–Trinajstić information content (AvgIpc) is 2.62. The molecule has 4 nitrogen and oxygen atoms in total. The highest BCUT2D eigenvalue weighted by Crippen LogP contribution is 2.27. The molecule has 1 aliphatic carbocycles. The monoisotopic (exact) mass is 233 g/mol. The van der Waals surface area contributed by atoms with Gasteiger partial charge in [0.2, 0.25) is 0 Å². The summed E-state index contributed by atoms with van der Waals surface area (Å²) in [6, 6.07) is 6.58. The summed E-state index contributed by atoms with van der Waals surface area (Å²) in [5.41, 5.74) is 3.11. The number of rotatable bonds is 3. The molecule has 0 fully saturated rings. The summed E-state index contributed by atoms with van der Waals surface area (Å²) in [7, 11) is 0. The van der Waals surface area contributed by atoms with Crippen LogP contribution in [0.3, 0.4) is 0 Å². The molecule has 1 aromatic rings. The third-order valence-corrected chi connectivity index (χ3v) is 3.07. The summed E-state index contributed by atoms with van der Waals surface area (Å²) in [4.78, 5) is 10.7. The summed E-state index contributed by atoms with van der Waals surface area (Å²) < 4.78 is 0. The molecular weight excluding hydrogens is 218 g/mol. The lowest BCUT2D eigenvalue weighted by molar-refractivity contribution is 0.0697. The number of benzene rings is 1. The number of hydrogen-bond donors (Lipinski definition) is 3. The maximum absolute atomic E-state index is 10.7. The van der Waals surface area contributed by atoms with Crippen molar-refractivity contribution in [1.29, 1.82) is 0 Å². The highest BCUT2D eigenvalue weighted by Gasteiger charge is 2.19. The van der Waals surface area contributed by atoms with Crippen LogP contribution in [0.1, 0.15) is 30.1 Å². The van der Waals surface area contributed by atoms with Crippen molar-refractivity contribution >= 4 is 11.7 Å². The molecule has 0 amide bonds. The van der Waals surface area contributed by atoms with E-state index in [1.165, 1.54) is 0 Å². The molecule has 0 bridgehead atoms. The Hall–Kier alpha value is -1.81. The number of nitrogens with one attached hydrogen (secondary N) is 1. The molecule has 1 unspecified atom stereocenters. The van der Waals surface area contributed by atoms with Gasteiger partial charge >= 0.3 is 5.97 Å². The van der Waals surface area contributed by atoms with Crippen LogP contribution < -0.4 is 5.32 Å². The highest BCUT2D eigenvalue weighted by atomic mass is 16.4. The molecule has 1 aliphatic rings. The van der Waals surface area contributed by atoms with E-state index in [-0.39, 0.29) is 11.7 Å². The van der Waals surface area contributed by atoms with Gasteiger partial charge in [0.25, 0.3) is 0 Å². The van der Waals surface area contributed by atoms with Gasteiger partial charge in [-0.05, 0) is 49.6 Å². The third-order valence-electron chi connectivity index (χ3n) is 3.07. The first-order valence-electron chi connectivity index (χ1n) is 5.56. The minimum atomic E-state index is -0.928. The summed E-state index contributed by atoms with van der Waals surface area (Å²) >= 11 is 0. The second kappa shape index (κ2) is 4.59. The Morgan fingerprint density at radius 1 is 1.35 bits per heavy atom. The van der Waals surface area contributed by atoms with Crippen molar-refractivity contribution in [3.63, 3.8) is 0 Å². The van der Waals surface area contributed by atoms with Gasteiger partial charge in [0.1, 0.15) is 0 Å². The number of hydrogen-bond acceptors (Lipinski definition) is 3. The number of aromatic carboxylic acids is 1. The maximum Gasteiger partial charge on any atom is 0.335 e. The van der Waals surface area contributed by atoms with Gasteiger partial charge in [-0.3, -0.25) is 0 Å². The molecular formula is C13H15NO3. The van der Waals surface area contributed by atoms with Gasteiger partial charge in [0.05, 0.1) is 11.7 Å². The van der Waals surface area contributed by atoms with Crippen molar-refractivity contribution in [3.05, 3.63) is 41.1 Å². The van der Waals surface area contributed by atoms with Crippen LogP contribution in [0.4, 0.5) is 5.69 Å².